The first-order chi connectivity index (χ1) is 12.2. The summed E-state index contributed by atoms with van der Waals surface area (Å²) in [6, 6.07) is 10.8. The number of aromatic nitrogens is 3. The number of hydrogen-bond acceptors (Lipinski definition) is 5. The van der Waals surface area contributed by atoms with Gasteiger partial charge < -0.3 is 19.4 Å². The molecule has 2 heterocycles. The molecule has 130 valence electrons. The third kappa shape index (κ3) is 3.77. The molecule has 0 aliphatic heterocycles. The molecule has 7 heteroatoms. The van der Waals surface area contributed by atoms with E-state index in [0.29, 0.717) is 31.0 Å². The zero-order valence-corrected chi connectivity index (χ0v) is 14.2. The maximum absolute atomic E-state index is 12.4. The van der Waals surface area contributed by atoms with Crippen molar-refractivity contribution in [2.24, 2.45) is 0 Å². The van der Waals surface area contributed by atoms with Crippen molar-refractivity contribution in [2.75, 3.05) is 20.8 Å². The van der Waals surface area contributed by atoms with Gasteiger partial charge in [-0.2, -0.15) is 0 Å². The minimum absolute atomic E-state index is 0.183. The Balaban J connectivity index is 1.79. The van der Waals surface area contributed by atoms with E-state index >= 15 is 0 Å². The number of methoxy groups -OCH3 is 2. The molecule has 0 saturated carbocycles. The smallest absolute Gasteiger partial charge is 0.251 e. The average molecular weight is 340 g/mol. The Morgan fingerprint density at radius 3 is 2.92 bits per heavy atom. The van der Waals surface area contributed by atoms with Crippen molar-refractivity contribution in [3.63, 3.8) is 0 Å². The molecule has 0 aliphatic rings. The normalized spacial score (nSPS) is 10.8. The van der Waals surface area contributed by atoms with Gasteiger partial charge in [-0.25, -0.2) is 9.97 Å². The number of carbonyl (C=O) groups is 1. The standard InChI is InChI=1S/C18H20N4O3/c1-24-10-9-22-16(21-15-7-4-8-19-17(15)22)12-20-18(23)13-5-3-6-14(11-13)25-2/h3-8,11H,9-10,12H2,1-2H3,(H,20,23). The van der Waals surface area contributed by atoms with Gasteiger partial charge >= 0.3 is 0 Å². The van der Waals surface area contributed by atoms with Crippen LogP contribution in [0.2, 0.25) is 0 Å². The molecule has 3 aromatic rings. The number of carbonyl (C=O) groups excluding carboxylic acids is 1. The monoisotopic (exact) mass is 340 g/mol. The highest BCUT2D eigenvalue weighted by atomic mass is 16.5. The second kappa shape index (κ2) is 7.76. The van der Waals surface area contributed by atoms with Crippen LogP contribution >= 0.6 is 0 Å². The van der Waals surface area contributed by atoms with Crippen LogP contribution in [0.3, 0.4) is 0 Å². The predicted octanol–water partition coefficient (Wildman–Crippen LogP) is 2.02. The molecule has 0 radical (unpaired) electrons. The summed E-state index contributed by atoms with van der Waals surface area (Å²) in [5, 5.41) is 2.90. The number of imidazole rings is 1. The fourth-order valence-electron chi connectivity index (χ4n) is 2.58. The maximum Gasteiger partial charge on any atom is 0.251 e. The van der Waals surface area contributed by atoms with E-state index in [2.05, 4.69) is 15.3 Å². The van der Waals surface area contributed by atoms with E-state index in [1.165, 1.54) is 0 Å². The summed E-state index contributed by atoms with van der Waals surface area (Å²) >= 11 is 0. The number of nitrogens with one attached hydrogen (secondary N) is 1. The molecule has 2 aromatic heterocycles. The zero-order valence-electron chi connectivity index (χ0n) is 14.2. The van der Waals surface area contributed by atoms with Crippen LogP contribution in [0, 0.1) is 0 Å². The number of nitrogens with zero attached hydrogens (tertiary/aromatic N) is 3. The molecular weight excluding hydrogens is 320 g/mol. The molecule has 0 bridgehead atoms. The van der Waals surface area contributed by atoms with Crippen LogP contribution in [0.5, 0.6) is 5.75 Å². The van der Waals surface area contributed by atoms with Crippen molar-refractivity contribution < 1.29 is 14.3 Å². The molecule has 7 nitrogen and oxygen atoms in total. The molecule has 1 amide bonds. The topological polar surface area (TPSA) is 78.3 Å². The van der Waals surface area contributed by atoms with Gasteiger partial charge in [-0.05, 0) is 30.3 Å². The maximum atomic E-state index is 12.4. The fraction of sp³-hybridized carbons (Fsp3) is 0.278. The van der Waals surface area contributed by atoms with Crippen LogP contribution < -0.4 is 10.1 Å². The highest BCUT2D eigenvalue weighted by Gasteiger charge is 2.13. The van der Waals surface area contributed by atoms with Gasteiger partial charge in [0.25, 0.3) is 5.91 Å². The molecule has 25 heavy (non-hydrogen) atoms. The van der Waals surface area contributed by atoms with Crippen molar-refractivity contribution in [1.82, 2.24) is 19.9 Å². The van der Waals surface area contributed by atoms with E-state index in [1.54, 1.807) is 44.7 Å². The first kappa shape index (κ1) is 16.9. The summed E-state index contributed by atoms with van der Waals surface area (Å²) in [7, 11) is 3.22. The summed E-state index contributed by atoms with van der Waals surface area (Å²) in [5.74, 6) is 1.20. The first-order valence-electron chi connectivity index (χ1n) is 7.94. The highest BCUT2D eigenvalue weighted by molar-refractivity contribution is 5.94. The summed E-state index contributed by atoms with van der Waals surface area (Å²) in [6.45, 7) is 1.46. The number of pyridine rings is 1. The Morgan fingerprint density at radius 1 is 1.24 bits per heavy atom. The van der Waals surface area contributed by atoms with Gasteiger partial charge in [-0.15, -0.1) is 0 Å². The Labute approximate surface area is 145 Å². The quantitative estimate of drug-likeness (QED) is 0.712. The lowest BCUT2D eigenvalue weighted by molar-refractivity contribution is 0.0949. The van der Waals surface area contributed by atoms with Crippen molar-refractivity contribution in [2.45, 2.75) is 13.1 Å². The van der Waals surface area contributed by atoms with E-state index in [-0.39, 0.29) is 5.91 Å². The van der Waals surface area contributed by atoms with Gasteiger partial charge in [0.2, 0.25) is 0 Å². The van der Waals surface area contributed by atoms with Crippen molar-refractivity contribution in [3.05, 3.63) is 54.0 Å². The number of fused-ring (bicyclic) bond motifs is 1. The second-order valence-corrected chi connectivity index (χ2v) is 5.43. The molecule has 0 saturated heterocycles. The van der Waals surface area contributed by atoms with Crippen LogP contribution in [-0.2, 0) is 17.8 Å². The zero-order chi connectivity index (χ0) is 17.6. The first-order valence-corrected chi connectivity index (χ1v) is 7.94. The minimum atomic E-state index is -0.183. The summed E-state index contributed by atoms with van der Waals surface area (Å²) in [5.41, 5.74) is 2.12. The van der Waals surface area contributed by atoms with Crippen LogP contribution in [0.15, 0.2) is 42.6 Å². The summed E-state index contributed by atoms with van der Waals surface area (Å²) in [4.78, 5) is 21.3. The lowest BCUT2D eigenvalue weighted by Gasteiger charge is -2.09. The van der Waals surface area contributed by atoms with Crippen molar-refractivity contribution >= 4 is 17.1 Å². The highest BCUT2D eigenvalue weighted by Crippen LogP contribution is 2.15. The molecule has 0 aliphatic carbocycles. The lowest BCUT2D eigenvalue weighted by Crippen LogP contribution is -2.25. The Kier molecular flexibility index (Phi) is 5.25. The van der Waals surface area contributed by atoms with Gasteiger partial charge in [0.05, 0.1) is 20.3 Å². The summed E-state index contributed by atoms with van der Waals surface area (Å²) in [6.07, 6.45) is 1.73. The number of amides is 1. The number of hydrogen-bond donors (Lipinski definition) is 1. The van der Waals surface area contributed by atoms with Gasteiger partial charge in [-0.3, -0.25) is 4.79 Å². The van der Waals surface area contributed by atoms with Gasteiger partial charge in [0.15, 0.2) is 5.65 Å². The van der Waals surface area contributed by atoms with E-state index < -0.39 is 0 Å². The number of benzene rings is 1. The molecule has 0 unspecified atom stereocenters. The fourth-order valence-corrected chi connectivity index (χ4v) is 2.58. The van der Waals surface area contributed by atoms with Crippen LogP contribution in [0.1, 0.15) is 16.2 Å². The van der Waals surface area contributed by atoms with Crippen LogP contribution in [0.4, 0.5) is 0 Å². The molecular formula is C18H20N4O3. The largest absolute Gasteiger partial charge is 0.497 e. The lowest BCUT2D eigenvalue weighted by atomic mass is 10.2. The summed E-state index contributed by atoms with van der Waals surface area (Å²) < 4.78 is 12.3. The van der Waals surface area contributed by atoms with Gasteiger partial charge in [0.1, 0.15) is 17.1 Å². The van der Waals surface area contributed by atoms with Crippen LogP contribution in [0.25, 0.3) is 11.2 Å². The molecule has 0 fully saturated rings. The SMILES string of the molecule is COCCn1c(CNC(=O)c2cccc(OC)c2)nc2cccnc21. The molecule has 0 spiro atoms. The predicted molar refractivity (Wildman–Crippen MR) is 93.6 cm³/mol. The van der Waals surface area contributed by atoms with Crippen molar-refractivity contribution in [1.29, 1.82) is 0 Å². The second-order valence-electron chi connectivity index (χ2n) is 5.43. The molecule has 1 N–H and O–H groups in total. The number of ether oxygens (including phenoxy) is 2. The number of rotatable bonds is 7. The average Bonchev–Trinajstić information content (AvgIpc) is 3.02. The van der Waals surface area contributed by atoms with Gasteiger partial charge in [-0.1, -0.05) is 6.07 Å². The Hall–Kier alpha value is -2.93. The Morgan fingerprint density at radius 2 is 2.12 bits per heavy atom. The molecule has 3 rings (SSSR count). The van der Waals surface area contributed by atoms with E-state index in [1.807, 2.05) is 16.7 Å². The third-order valence-corrected chi connectivity index (χ3v) is 3.84. The molecule has 1 aromatic carbocycles. The Bertz CT molecular complexity index is 876. The van der Waals surface area contributed by atoms with Crippen LogP contribution in [-0.4, -0.2) is 41.3 Å². The molecule has 0 atom stereocenters. The van der Waals surface area contributed by atoms with E-state index in [9.17, 15) is 4.79 Å². The van der Waals surface area contributed by atoms with Crippen molar-refractivity contribution in [3.8, 4) is 5.75 Å². The van der Waals surface area contributed by atoms with E-state index in [4.69, 9.17) is 9.47 Å². The third-order valence-electron chi connectivity index (χ3n) is 3.84. The van der Waals surface area contributed by atoms with Gasteiger partial charge in [0, 0.05) is 25.4 Å². The van der Waals surface area contributed by atoms with E-state index in [0.717, 1.165) is 17.0 Å². The minimum Gasteiger partial charge on any atom is -0.497 e.